The molecule has 102 valence electrons. The molecule has 0 bridgehead atoms. The van der Waals surface area contributed by atoms with Gasteiger partial charge in [0.05, 0.1) is 10.5 Å². The van der Waals surface area contributed by atoms with Gasteiger partial charge < -0.3 is 16.2 Å². The maximum absolute atomic E-state index is 11.2. The molecule has 0 saturated carbocycles. The topological polar surface area (TPSA) is 118 Å². The van der Waals surface area contributed by atoms with E-state index in [1.807, 2.05) is 6.92 Å². The molecule has 0 fully saturated rings. The Morgan fingerprint density at radius 1 is 1.39 bits per heavy atom. The summed E-state index contributed by atoms with van der Waals surface area (Å²) >= 11 is 0. The van der Waals surface area contributed by atoms with Gasteiger partial charge in [0.2, 0.25) is 10.0 Å². The minimum absolute atomic E-state index is 0.0545. The van der Waals surface area contributed by atoms with Crippen molar-refractivity contribution in [1.29, 1.82) is 0 Å². The average Bonchev–Trinajstić information content (AvgIpc) is 2.25. The second kappa shape index (κ2) is 5.13. The second-order valence-electron chi connectivity index (χ2n) is 4.54. The minimum Gasteiger partial charge on any atom is -0.399 e. The number of hydrogen-bond donors (Lipinski definition) is 4. The summed E-state index contributed by atoms with van der Waals surface area (Å²) in [5, 5.41) is 17.8. The average molecular weight is 273 g/mol. The van der Waals surface area contributed by atoms with Crippen LogP contribution in [-0.2, 0) is 10.0 Å². The highest BCUT2D eigenvalue weighted by atomic mass is 32.2. The van der Waals surface area contributed by atoms with Crippen molar-refractivity contribution in [1.82, 2.24) is 0 Å². The first kappa shape index (κ1) is 14.7. The van der Waals surface area contributed by atoms with Gasteiger partial charge in [-0.3, -0.25) is 0 Å². The van der Waals surface area contributed by atoms with E-state index in [1.54, 1.807) is 13.0 Å². The predicted molar refractivity (Wildman–Crippen MR) is 71.6 cm³/mol. The molecule has 18 heavy (non-hydrogen) atoms. The number of hydrogen-bond acceptors (Lipinski definition) is 5. The Bertz CT molecular complexity index is 526. The van der Waals surface area contributed by atoms with E-state index in [9.17, 15) is 13.5 Å². The van der Waals surface area contributed by atoms with Crippen LogP contribution in [0.3, 0.4) is 0 Å². The van der Waals surface area contributed by atoms with Crippen LogP contribution in [0, 0.1) is 0 Å². The second-order valence-corrected chi connectivity index (χ2v) is 6.10. The zero-order valence-corrected chi connectivity index (χ0v) is 11.3. The molecule has 1 aromatic carbocycles. The smallest absolute Gasteiger partial charge is 0.238 e. The van der Waals surface area contributed by atoms with Crippen molar-refractivity contribution in [3.63, 3.8) is 0 Å². The number of anilines is 2. The van der Waals surface area contributed by atoms with Crippen molar-refractivity contribution in [2.75, 3.05) is 17.6 Å². The first-order chi connectivity index (χ1) is 8.14. The molecular formula is C11H19N3O3S. The van der Waals surface area contributed by atoms with Crippen LogP contribution in [0.15, 0.2) is 23.1 Å². The molecule has 1 aromatic rings. The Hall–Kier alpha value is -1.31. The third kappa shape index (κ3) is 4.17. The third-order valence-corrected chi connectivity index (χ3v) is 3.59. The van der Waals surface area contributed by atoms with Crippen LogP contribution in [0.5, 0.6) is 0 Å². The van der Waals surface area contributed by atoms with Gasteiger partial charge in [0.25, 0.3) is 0 Å². The number of primary sulfonamides is 1. The van der Waals surface area contributed by atoms with E-state index in [1.165, 1.54) is 12.1 Å². The van der Waals surface area contributed by atoms with E-state index in [0.717, 1.165) is 0 Å². The predicted octanol–water partition coefficient (Wildman–Crippen LogP) is 0.489. The van der Waals surface area contributed by atoms with E-state index in [0.29, 0.717) is 17.8 Å². The standard InChI is InChI=1S/C11H19N3O3S/c1-3-11(2,15)7-14-9-4-8(12)5-10(6-9)18(13,16)17/h4-6,14-15H,3,7,12H2,1-2H3,(H2,13,16,17). The van der Waals surface area contributed by atoms with Crippen molar-refractivity contribution >= 4 is 21.4 Å². The molecule has 0 aliphatic rings. The summed E-state index contributed by atoms with van der Waals surface area (Å²) in [6, 6.07) is 4.26. The summed E-state index contributed by atoms with van der Waals surface area (Å²) in [6.07, 6.45) is 0.574. The van der Waals surface area contributed by atoms with Gasteiger partial charge in [-0.25, -0.2) is 13.6 Å². The van der Waals surface area contributed by atoms with E-state index in [2.05, 4.69) is 5.32 Å². The highest BCUT2D eigenvalue weighted by Gasteiger charge is 2.17. The molecule has 0 amide bonds. The van der Waals surface area contributed by atoms with Crippen LogP contribution in [0.25, 0.3) is 0 Å². The quantitative estimate of drug-likeness (QED) is 0.582. The molecule has 0 saturated heterocycles. The Morgan fingerprint density at radius 3 is 2.50 bits per heavy atom. The number of benzene rings is 1. The normalized spacial score (nSPS) is 15.1. The molecular weight excluding hydrogens is 254 g/mol. The van der Waals surface area contributed by atoms with Crippen LogP contribution in [0.4, 0.5) is 11.4 Å². The highest BCUT2D eigenvalue weighted by molar-refractivity contribution is 7.89. The van der Waals surface area contributed by atoms with Crippen LogP contribution >= 0.6 is 0 Å². The highest BCUT2D eigenvalue weighted by Crippen LogP contribution is 2.20. The van der Waals surface area contributed by atoms with Crippen LogP contribution < -0.4 is 16.2 Å². The molecule has 1 rings (SSSR count). The van der Waals surface area contributed by atoms with E-state index >= 15 is 0 Å². The third-order valence-electron chi connectivity index (χ3n) is 2.69. The van der Waals surface area contributed by atoms with Crippen molar-refractivity contribution in [2.24, 2.45) is 5.14 Å². The molecule has 0 heterocycles. The van der Waals surface area contributed by atoms with Crippen LogP contribution in [0.1, 0.15) is 20.3 Å². The maximum atomic E-state index is 11.2. The van der Waals surface area contributed by atoms with Gasteiger partial charge in [0.1, 0.15) is 0 Å². The Balaban J connectivity index is 2.95. The lowest BCUT2D eigenvalue weighted by Crippen LogP contribution is -2.32. The van der Waals surface area contributed by atoms with Gasteiger partial charge in [0.15, 0.2) is 0 Å². The number of rotatable bonds is 5. The van der Waals surface area contributed by atoms with Gasteiger partial charge in [-0.1, -0.05) is 6.92 Å². The van der Waals surface area contributed by atoms with Crippen LogP contribution in [0.2, 0.25) is 0 Å². The zero-order chi connectivity index (χ0) is 14.0. The fraction of sp³-hybridized carbons (Fsp3) is 0.455. The number of nitrogens with one attached hydrogen (secondary N) is 1. The molecule has 7 heteroatoms. The van der Waals surface area contributed by atoms with Crippen molar-refractivity contribution in [3.05, 3.63) is 18.2 Å². The summed E-state index contributed by atoms with van der Waals surface area (Å²) in [6.45, 7) is 3.83. The van der Waals surface area contributed by atoms with Gasteiger partial charge >= 0.3 is 0 Å². The van der Waals surface area contributed by atoms with E-state index < -0.39 is 15.6 Å². The Labute approximate surface area is 107 Å². The monoisotopic (exact) mass is 273 g/mol. The molecule has 1 atom stereocenters. The number of nitrogens with two attached hydrogens (primary N) is 2. The molecule has 0 aromatic heterocycles. The van der Waals surface area contributed by atoms with Gasteiger partial charge in [-0.05, 0) is 31.5 Å². The summed E-state index contributed by atoms with van der Waals surface area (Å²) in [5.41, 5.74) is 5.54. The van der Waals surface area contributed by atoms with Crippen LogP contribution in [-0.4, -0.2) is 25.7 Å². The molecule has 0 aliphatic heterocycles. The lowest BCUT2D eigenvalue weighted by molar-refractivity contribution is 0.0697. The molecule has 6 nitrogen and oxygen atoms in total. The van der Waals surface area contributed by atoms with Gasteiger partial charge in [-0.2, -0.15) is 0 Å². The van der Waals surface area contributed by atoms with Crippen molar-refractivity contribution in [2.45, 2.75) is 30.8 Å². The van der Waals surface area contributed by atoms with E-state index in [4.69, 9.17) is 10.9 Å². The maximum Gasteiger partial charge on any atom is 0.238 e. The molecule has 0 aliphatic carbocycles. The van der Waals surface area contributed by atoms with Crippen molar-refractivity contribution < 1.29 is 13.5 Å². The summed E-state index contributed by atoms with van der Waals surface area (Å²) in [4.78, 5) is -0.0545. The number of aliphatic hydroxyl groups is 1. The molecule has 6 N–H and O–H groups in total. The van der Waals surface area contributed by atoms with Crippen molar-refractivity contribution in [3.8, 4) is 0 Å². The Morgan fingerprint density at radius 2 is 2.00 bits per heavy atom. The first-order valence-electron chi connectivity index (χ1n) is 5.54. The van der Waals surface area contributed by atoms with Gasteiger partial charge in [-0.15, -0.1) is 0 Å². The zero-order valence-electron chi connectivity index (χ0n) is 10.5. The Kier molecular flexibility index (Phi) is 4.20. The fourth-order valence-corrected chi connectivity index (χ4v) is 1.90. The lowest BCUT2D eigenvalue weighted by Gasteiger charge is -2.22. The largest absolute Gasteiger partial charge is 0.399 e. The molecule has 1 unspecified atom stereocenters. The van der Waals surface area contributed by atoms with E-state index in [-0.39, 0.29) is 11.4 Å². The molecule has 0 radical (unpaired) electrons. The summed E-state index contributed by atoms with van der Waals surface area (Å²) in [7, 11) is -3.79. The number of sulfonamides is 1. The van der Waals surface area contributed by atoms with Gasteiger partial charge in [0, 0.05) is 17.9 Å². The summed E-state index contributed by atoms with van der Waals surface area (Å²) in [5.74, 6) is 0. The first-order valence-corrected chi connectivity index (χ1v) is 7.08. The SMILES string of the molecule is CCC(C)(O)CNc1cc(N)cc(S(N)(=O)=O)c1. The number of nitrogen functional groups attached to an aromatic ring is 1. The lowest BCUT2D eigenvalue weighted by atomic mass is 10.0. The summed E-state index contributed by atoms with van der Waals surface area (Å²) < 4.78 is 22.5. The fourth-order valence-electron chi connectivity index (χ4n) is 1.31. The minimum atomic E-state index is -3.79. The molecule has 0 spiro atoms.